The minimum Gasteiger partial charge on any atom is -0.334 e. The Kier molecular flexibility index (Phi) is 3.13. The predicted octanol–water partition coefficient (Wildman–Crippen LogP) is 3.06. The van der Waals surface area contributed by atoms with Gasteiger partial charge in [-0.25, -0.2) is 4.98 Å². The number of amides is 1. The van der Waals surface area contributed by atoms with E-state index in [1.807, 2.05) is 11.8 Å². The van der Waals surface area contributed by atoms with Gasteiger partial charge in [0, 0.05) is 23.3 Å². The van der Waals surface area contributed by atoms with Crippen LogP contribution in [-0.4, -0.2) is 27.9 Å². The van der Waals surface area contributed by atoms with E-state index in [-0.39, 0.29) is 11.4 Å². The molecule has 0 bridgehead atoms. The van der Waals surface area contributed by atoms with E-state index in [0.717, 1.165) is 25.1 Å². The van der Waals surface area contributed by atoms with Crippen molar-refractivity contribution >= 4 is 17.5 Å². The van der Waals surface area contributed by atoms with Crippen LogP contribution in [0.1, 0.15) is 42.7 Å². The zero-order valence-corrected chi connectivity index (χ0v) is 11.2. The maximum Gasteiger partial charge on any atom is 0.254 e. The molecule has 1 aromatic rings. The molecule has 4 heteroatoms. The molecule has 0 aromatic carbocycles. The lowest BCUT2D eigenvalue weighted by Gasteiger charge is -2.31. The standard InChI is InChI=1S/C13H17ClN2O/c1-9-7-10(8-11(14)15-9)12(17)16-6-4-5-13(16,2)3/h7-8H,4-6H2,1-3H3. The molecule has 2 rings (SSSR count). The first-order chi connectivity index (χ1) is 7.90. The zero-order valence-electron chi connectivity index (χ0n) is 10.5. The summed E-state index contributed by atoms with van der Waals surface area (Å²) in [4.78, 5) is 18.4. The zero-order chi connectivity index (χ0) is 12.6. The number of aromatic nitrogens is 1. The fourth-order valence-corrected chi connectivity index (χ4v) is 2.64. The van der Waals surface area contributed by atoms with Gasteiger partial charge in [-0.1, -0.05) is 11.6 Å². The molecule has 2 heterocycles. The molecule has 1 fully saturated rings. The number of hydrogen-bond acceptors (Lipinski definition) is 2. The molecule has 1 aliphatic heterocycles. The molecular weight excluding hydrogens is 236 g/mol. The Morgan fingerprint density at radius 2 is 2.18 bits per heavy atom. The normalized spacial score (nSPS) is 18.5. The average Bonchev–Trinajstić information content (AvgIpc) is 2.55. The summed E-state index contributed by atoms with van der Waals surface area (Å²) in [5, 5.41) is 0.380. The van der Waals surface area contributed by atoms with E-state index >= 15 is 0 Å². The first-order valence-corrected chi connectivity index (χ1v) is 6.24. The Labute approximate surface area is 107 Å². The van der Waals surface area contributed by atoms with Crippen LogP contribution in [0.2, 0.25) is 5.15 Å². The van der Waals surface area contributed by atoms with E-state index in [4.69, 9.17) is 11.6 Å². The van der Waals surface area contributed by atoms with Gasteiger partial charge in [0.1, 0.15) is 5.15 Å². The van der Waals surface area contributed by atoms with Crippen LogP contribution in [0, 0.1) is 6.92 Å². The molecule has 1 saturated heterocycles. The van der Waals surface area contributed by atoms with Crippen LogP contribution in [0.25, 0.3) is 0 Å². The SMILES string of the molecule is Cc1cc(C(=O)N2CCCC2(C)C)cc(Cl)n1. The topological polar surface area (TPSA) is 33.2 Å². The first-order valence-electron chi connectivity index (χ1n) is 5.86. The van der Waals surface area contributed by atoms with Crippen molar-refractivity contribution in [3.05, 3.63) is 28.5 Å². The Morgan fingerprint density at radius 1 is 1.47 bits per heavy atom. The van der Waals surface area contributed by atoms with Crippen molar-refractivity contribution in [3.8, 4) is 0 Å². The van der Waals surface area contributed by atoms with Crippen molar-refractivity contribution in [1.82, 2.24) is 9.88 Å². The number of rotatable bonds is 1. The molecule has 0 saturated carbocycles. The number of pyridine rings is 1. The van der Waals surface area contributed by atoms with Crippen LogP contribution in [-0.2, 0) is 0 Å². The summed E-state index contributed by atoms with van der Waals surface area (Å²) in [5.41, 5.74) is 1.36. The van der Waals surface area contributed by atoms with E-state index in [2.05, 4.69) is 18.8 Å². The van der Waals surface area contributed by atoms with Gasteiger partial charge in [-0.2, -0.15) is 0 Å². The van der Waals surface area contributed by atoms with Crippen molar-refractivity contribution in [1.29, 1.82) is 0 Å². The predicted molar refractivity (Wildman–Crippen MR) is 68.3 cm³/mol. The summed E-state index contributed by atoms with van der Waals surface area (Å²) in [6.45, 7) is 6.88. The average molecular weight is 253 g/mol. The second kappa shape index (κ2) is 4.30. The minimum absolute atomic E-state index is 0.0548. The third kappa shape index (κ3) is 2.44. The highest BCUT2D eigenvalue weighted by molar-refractivity contribution is 6.29. The minimum atomic E-state index is -0.0548. The summed E-state index contributed by atoms with van der Waals surface area (Å²) in [7, 11) is 0. The third-order valence-corrected chi connectivity index (χ3v) is 3.51. The van der Waals surface area contributed by atoms with Gasteiger partial charge in [0.05, 0.1) is 0 Å². The second-order valence-corrected chi connectivity index (χ2v) is 5.58. The number of nitrogens with zero attached hydrogens (tertiary/aromatic N) is 2. The fourth-order valence-electron chi connectivity index (χ4n) is 2.39. The molecule has 17 heavy (non-hydrogen) atoms. The van der Waals surface area contributed by atoms with Crippen molar-refractivity contribution < 1.29 is 4.79 Å². The molecular formula is C13H17ClN2O. The van der Waals surface area contributed by atoms with Crippen LogP contribution < -0.4 is 0 Å². The van der Waals surface area contributed by atoms with Crippen LogP contribution in [0.4, 0.5) is 0 Å². The summed E-state index contributed by atoms with van der Waals surface area (Å²) in [5.74, 6) is 0.0555. The highest BCUT2D eigenvalue weighted by Crippen LogP contribution is 2.30. The number of likely N-dealkylation sites (tertiary alicyclic amines) is 1. The highest BCUT2D eigenvalue weighted by atomic mass is 35.5. The number of aryl methyl sites for hydroxylation is 1. The molecule has 0 radical (unpaired) electrons. The molecule has 0 atom stereocenters. The van der Waals surface area contributed by atoms with Crippen LogP contribution >= 0.6 is 11.6 Å². The van der Waals surface area contributed by atoms with Crippen LogP contribution in [0.3, 0.4) is 0 Å². The summed E-state index contributed by atoms with van der Waals surface area (Å²) < 4.78 is 0. The number of hydrogen-bond donors (Lipinski definition) is 0. The van der Waals surface area contributed by atoms with Gasteiger partial charge in [0.25, 0.3) is 5.91 Å². The maximum absolute atomic E-state index is 12.4. The van der Waals surface area contributed by atoms with E-state index in [1.54, 1.807) is 12.1 Å². The van der Waals surface area contributed by atoms with Gasteiger partial charge in [-0.3, -0.25) is 4.79 Å². The molecule has 1 aromatic heterocycles. The fraction of sp³-hybridized carbons (Fsp3) is 0.538. The lowest BCUT2D eigenvalue weighted by molar-refractivity contribution is 0.0651. The van der Waals surface area contributed by atoms with Gasteiger partial charge in [-0.15, -0.1) is 0 Å². The van der Waals surface area contributed by atoms with E-state index < -0.39 is 0 Å². The molecule has 3 nitrogen and oxygen atoms in total. The van der Waals surface area contributed by atoms with Crippen molar-refractivity contribution in [2.75, 3.05) is 6.54 Å². The lowest BCUT2D eigenvalue weighted by atomic mass is 10.0. The second-order valence-electron chi connectivity index (χ2n) is 5.19. The van der Waals surface area contributed by atoms with Gasteiger partial charge >= 0.3 is 0 Å². The van der Waals surface area contributed by atoms with Gasteiger partial charge in [-0.05, 0) is 45.7 Å². The molecule has 0 N–H and O–H groups in total. The molecule has 0 aliphatic carbocycles. The largest absolute Gasteiger partial charge is 0.334 e. The molecule has 0 spiro atoms. The Morgan fingerprint density at radius 3 is 2.71 bits per heavy atom. The third-order valence-electron chi connectivity index (χ3n) is 3.32. The van der Waals surface area contributed by atoms with Gasteiger partial charge < -0.3 is 4.90 Å². The van der Waals surface area contributed by atoms with Gasteiger partial charge in [0.15, 0.2) is 0 Å². The number of halogens is 1. The lowest BCUT2D eigenvalue weighted by Crippen LogP contribution is -2.42. The Hall–Kier alpha value is -1.09. The maximum atomic E-state index is 12.4. The Bertz CT molecular complexity index is 436. The van der Waals surface area contributed by atoms with Crippen molar-refractivity contribution in [2.24, 2.45) is 0 Å². The Balaban J connectivity index is 2.31. The molecule has 0 unspecified atom stereocenters. The van der Waals surface area contributed by atoms with E-state index in [1.165, 1.54) is 0 Å². The van der Waals surface area contributed by atoms with E-state index in [9.17, 15) is 4.79 Å². The molecule has 1 aliphatic rings. The monoisotopic (exact) mass is 252 g/mol. The van der Waals surface area contributed by atoms with Gasteiger partial charge in [0.2, 0.25) is 0 Å². The quantitative estimate of drug-likeness (QED) is 0.720. The summed E-state index contributed by atoms with van der Waals surface area (Å²) in [6, 6.07) is 3.44. The van der Waals surface area contributed by atoms with Crippen molar-refractivity contribution in [3.63, 3.8) is 0 Å². The van der Waals surface area contributed by atoms with Crippen LogP contribution in [0.15, 0.2) is 12.1 Å². The molecule has 92 valence electrons. The smallest absolute Gasteiger partial charge is 0.254 e. The number of carbonyl (C=O) groups excluding carboxylic acids is 1. The van der Waals surface area contributed by atoms with Crippen molar-refractivity contribution in [2.45, 2.75) is 39.2 Å². The first kappa shape index (κ1) is 12.4. The highest BCUT2D eigenvalue weighted by Gasteiger charge is 2.35. The van der Waals surface area contributed by atoms with Crippen LogP contribution in [0.5, 0.6) is 0 Å². The summed E-state index contributed by atoms with van der Waals surface area (Å²) >= 11 is 5.89. The van der Waals surface area contributed by atoms with E-state index in [0.29, 0.717) is 10.7 Å². The number of carbonyl (C=O) groups is 1. The summed E-state index contributed by atoms with van der Waals surface area (Å²) in [6.07, 6.45) is 2.12. The molecule has 1 amide bonds.